The summed E-state index contributed by atoms with van der Waals surface area (Å²) in [6, 6.07) is 22.5. The zero-order valence-corrected chi connectivity index (χ0v) is 19.6. The number of hydrogen-bond acceptors (Lipinski definition) is 5. The highest BCUT2D eigenvalue weighted by Crippen LogP contribution is 2.32. The summed E-state index contributed by atoms with van der Waals surface area (Å²) in [5.74, 6) is 0.672. The predicted octanol–water partition coefficient (Wildman–Crippen LogP) is 3.92. The van der Waals surface area contributed by atoms with Gasteiger partial charge in [0.2, 0.25) is 0 Å². The lowest BCUT2D eigenvalue weighted by molar-refractivity contribution is 0.412. The molecule has 8 heteroatoms. The average Bonchev–Trinajstić information content (AvgIpc) is 2.81. The smallest absolute Gasteiger partial charge is 0.261 e. The minimum absolute atomic E-state index is 0. The monoisotopic (exact) mass is 473 g/mol. The Labute approximate surface area is 196 Å². The number of ether oxygens (including phenoxy) is 1. The number of rotatable bonds is 7. The molecule has 0 atom stereocenters. The molecule has 0 saturated carbocycles. The first-order valence-corrected chi connectivity index (χ1v) is 11.8. The van der Waals surface area contributed by atoms with Gasteiger partial charge in [-0.05, 0) is 41.8 Å². The maximum absolute atomic E-state index is 13.3. The van der Waals surface area contributed by atoms with Crippen LogP contribution in [-0.4, -0.2) is 41.7 Å². The summed E-state index contributed by atoms with van der Waals surface area (Å²) in [7, 11) is -2.16. The molecule has 0 radical (unpaired) electrons. The third-order valence-corrected chi connectivity index (χ3v) is 6.78. The first-order chi connectivity index (χ1) is 15.1. The van der Waals surface area contributed by atoms with Crippen molar-refractivity contribution in [2.45, 2.75) is 11.3 Å². The van der Waals surface area contributed by atoms with Gasteiger partial charge < -0.3 is 15.0 Å². The number of hydrogen-bond donors (Lipinski definition) is 2. The van der Waals surface area contributed by atoms with Crippen molar-refractivity contribution in [3.63, 3.8) is 0 Å². The van der Waals surface area contributed by atoms with Crippen LogP contribution in [0.5, 0.6) is 5.75 Å². The van der Waals surface area contributed by atoms with Gasteiger partial charge in [-0.15, -0.1) is 12.4 Å². The number of anilines is 2. The number of halogens is 1. The molecule has 170 valence electrons. The minimum Gasteiger partial charge on any atom is -0.495 e. The first kappa shape index (κ1) is 23.9. The molecule has 1 heterocycles. The van der Waals surface area contributed by atoms with Crippen molar-refractivity contribution in [3.05, 3.63) is 83.9 Å². The van der Waals surface area contributed by atoms with Crippen LogP contribution in [-0.2, 0) is 16.4 Å². The van der Waals surface area contributed by atoms with Gasteiger partial charge in [0.25, 0.3) is 10.0 Å². The molecule has 2 N–H and O–H groups in total. The second-order valence-electron chi connectivity index (χ2n) is 7.50. The number of methoxy groups -OCH3 is 1. The third kappa shape index (κ3) is 5.54. The largest absolute Gasteiger partial charge is 0.495 e. The van der Waals surface area contributed by atoms with Crippen molar-refractivity contribution in [3.8, 4) is 5.75 Å². The maximum atomic E-state index is 13.3. The molecule has 0 amide bonds. The van der Waals surface area contributed by atoms with Gasteiger partial charge in [0.05, 0.1) is 23.4 Å². The summed E-state index contributed by atoms with van der Waals surface area (Å²) >= 11 is 0. The summed E-state index contributed by atoms with van der Waals surface area (Å²) < 4.78 is 34.8. The van der Waals surface area contributed by atoms with E-state index in [1.54, 1.807) is 31.4 Å². The number of piperazine rings is 1. The van der Waals surface area contributed by atoms with Crippen LogP contribution in [0, 0.1) is 0 Å². The van der Waals surface area contributed by atoms with Gasteiger partial charge in [0.1, 0.15) is 5.75 Å². The maximum Gasteiger partial charge on any atom is 0.261 e. The van der Waals surface area contributed by atoms with E-state index in [1.807, 2.05) is 48.5 Å². The third-order valence-electron chi connectivity index (χ3n) is 5.42. The molecule has 0 unspecified atom stereocenters. The second kappa shape index (κ2) is 10.7. The second-order valence-corrected chi connectivity index (χ2v) is 9.18. The highest BCUT2D eigenvalue weighted by atomic mass is 35.5. The molecular formula is C24H28ClN3O3S. The Bertz CT molecular complexity index is 1130. The van der Waals surface area contributed by atoms with Crippen molar-refractivity contribution < 1.29 is 13.2 Å². The number of sulfonamides is 1. The lowest BCUT2D eigenvalue weighted by Gasteiger charge is -2.30. The number of nitrogens with one attached hydrogen (secondary N) is 2. The number of nitrogens with zero attached hydrogens (tertiary/aromatic N) is 1. The molecule has 1 aliphatic rings. The predicted molar refractivity (Wildman–Crippen MR) is 132 cm³/mol. The van der Waals surface area contributed by atoms with Crippen molar-refractivity contribution in [2.75, 3.05) is 42.9 Å². The highest BCUT2D eigenvalue weighted by Gasteiger charge is 2.21. The van der Waals surface area contributed by atoms with Crippen LogP contribution in [0.25, 0.3) is 0 Å². The fourth-order valence-corrected chi connectivity index (χ4v) is 4.90. The molecule has 0 spiro atoms. The van der Waals surface area contributed by atoms with Crippen LogP contribution >= 0.6 is 12.4 Å². The van der Waals surface area contributed by atoms with Crippen molar-refractivity contribution in [1.82, 2.24) is 5.32 Å². The average molecular weight is 474 g/mol. The van der Waals surface area contributed by atoms with Crippen LogP contribution in [0.2, 0.25) is 0 Å². The summed E-state index contributed by atoms with van der Waals surface area (Å²) in [6.07, 6.45) is 0.647. The van der Waals surface area contributed by atoms with E-state index in [9.17, 15) is 8.42 Å². The van der Waals surface area contributed by atoms with E-state index in [1.165, 1.54) is 0 Å². The van der Waals surface area contributed by atoms with Crippen LogP contribution in [0.4, 0.5) is 11.4 Å². The zero-order chi connectivity index (χ0) is 21.7. The Balaban J connectivity index is 0.00000289. The molecule has 32 heavy (non-hydrogen) atoms. The number of benzene rings is 3. The Kier molecular flexibility index (Phi) is 8.01. The molecule has 1 fully saturated rings. The van der Waals surface area contributed by atoms with Crippen molar-refractivity contribution in [1.29, 1.82) is 0 Å². The lowest BCUT2D eigenvalue weighted by atomic mass is 10.0. The summed E-state index contributed by atoms with van der Waals surface area (Å²) in [5.41, 5.74) is 3.43. The van der Waals surface area contributed by atoms with E-state index in [0.717, 1.165) is 43.0 Å². The van der Waals surface area contributed by atoms with E-state index in [2.05, 4.69) is 14.9 Å². The van der Waals surface area contributed by atoms with E-state index in [-0.39, 0.29) is 17.3 Å². The first-order valence-electron chi connectivity index (χ1n) is 10.4. The van der Waals surface area contributed by atoms with Gasteiger partial charge in [-0.1, -0.05) is 48.5 Å². The van der Waals surface area contributed by atoms with Gasteiger partial charge in [0.15, 0.2) is 0 Å². The molecule has 0 aromatic heterocycles. The van der Waals surface area contributed by atoms with Crippen molar-refractivity contribution >= 4 is 33.8 Å². The zero-order valence-electron chi connectivity index (χ0n) is 18.0. The van der Waals surface area contributed by atoms with E-state index < -0.39 is 10.0 Å². The fourth-order valence-electron chi connectivity index (χ4n) is 3.78. The van der Waals surface area contributed by atoms with Gasteiger partial charge >= 0.3 is 0 Å². The standard InChI is InChI=1S/C24H27N3O3S.ClH/c1-30-24-12-11-21(18-23(24)27-15-13-25-14-16-27)31(28,29)26-22-10-6-5-9-20(22)17-19-7-3-2-4-8-19;/h2-12,18,25-26H,13-17H2,1H3;1H. The molecule has 4 rings (SSSR count). The van der Waals surface area contributed by atoms with E-state index in [4.69, 9.17) is 4.74 Å². The van der Waals surface area contributed by atoms with Gasteiger partial charge in [-0.3, -0.25) is 4.72 Å². The number of para-hydroxylation sites is 1. The molecular weight excluding hydrogens is 446 g/mol. The summed E-state index contributed by atoms with van der Waals surface area (Å²) in [5, 5.41) is 3.31. The molecule has 6 nitrogen and oxygen atoms in total. The molecule has 0 aliphatic carbocycles. The van der Waals surface area contributed by atoms with E-state index >= 15 is 0 Å². The Hall–Kier alpha value is -2.74. The molecule has 1 aliphatic heterocycles. The molecule has 3 aromatic carbocycles. The van der Waals surface area contributed by atoms with Gasteiger partial charge in [-0.25, -0.2) is 8.42 Å². The van der Waals surface area contributed by atoms with Crippen LogP contribution in [0.1, 0.15) is 11.1 Å². The lowest BCUT2D eigenvalue weighted by Crippen LogP contribution is -2.43. The Morgan fingerprint density at radius 2 is 1.66 bits per heavy atom. The van der Waals surface area contributed by atoms with E-state index in [0.29, 0.717) is 17.9 Å². The minimum atomic E-state index is -3.76. The Morgan fingerprint density at radius 3 is 2.38 bits per heavy atom. The fraction of sp³-hybridized carbons (Fsp3) is 0.250. The topological polar surface area (TPSA) is 70.7 Å². The van der Waals surface area contributed by atoms with Crippen LogP contribution in [0.15, 0.2) is 77.7 Å². The molecule has 0 bridgehead atoms. The normalized spacial score (nSPS) is 13.8. The van der Waals surface area contributed by atoms with Crippen LogP contribution < -0.4 is 19.7 Å². The highest BCUT2D eigenvalue weighted by molar-refractivity contribution is 7.92. The molecule has 3 aromatic rings. The van der Waals surface area contributed by atoms with Gasteiger partial charge in [0, 0.05) is 26.2 Å². The van der Waals surface area contributed by atoms with Gasteiger partial charge in [-0.2, -0.15) is 0 Å². The summed E-state index contributed by atoms with van der Waals surface area (Å²) in [6.45, 7) is 3.30. The summed E-state index contributed by atoms with van der Waals surface area (Å²) in [4.78, 5) is 2.37. The SMILES string of the molecule is COc1ccc(S(=O)(=O)Nc2ccccc2Cc2ccccc2)cc1N1CCNCC1.Cl. The molecule has 1 saturated heterocycles. The van der Waals surface area contributed by atoms with Crippen LogP contribution in [0.3, 0.4) is 0 Å². The van der Waals surface area contributed by atoms with Crippen molar-refractivity contribution in [2.24, 2.45) is 0 Å². The Morgan fingerprint density at radius 1 is 0.969 bits per heavy atom. The quantitative estimate of drug-likeness (QED) is 0.544.